The predicted molar refractivity (Wildman–Crippen MR) is 51.9 cm³/mol. The third kappa shape index (κ3) is 1.38. The van der Waals surface area contributed by atoms with E-state index in [0.29, 0.717) is 11.8 Å². The highest BCUT2D eigenvalue weighted by Gasteiger charge is 2.25. The van der Waals surface area contributed by atoms with E-state index in [1.54, 1.807) is 0 Å². The minimum absolute atomic E-state index is 0.474. The maximum atomic E-state index is 5.40. The average Bonchev–Trinajstić information content (AvgIpc) is 2.48. The van der Waals surface area contributed by atoms with Gasteiger partial charge in [-0.25, -0.2) is 0 Å². The second kappa shape index (κ2) is 3.17. The van der Waals surface area contributed by atoms with E-state index in [-0.39, 0.29) is 0 Å². The van der Waals surface area contributed by atoms with Crippen LogP contribution in [0.25, 0.3) is 0 Å². The molecule has 1 aromatic heterocycles. The molecule has 1 aromatic rings. The molecule has 0 fully saturated rings. The number of aromatic nitrogens is 1. The highest BCUT2D eigenvalue weighted by Crippen LogP contribution is 2.34. The number of fused-ring (bicyclic) bond motifs is 1. The lowest BCUT2D eigenvalue weighted by molar-refractivity contribution is 0.362. The van der Waals surface area contributed by atoms with Crippen LogP contribution >= 0.6 is 0 Å². The summed E-state index contributed by atoms with van der Waals surface area (Å²) >= 11 is 0. The van der Waals surface area contributed by atoms with Gasteiger partial charge in [0, 0.05) is 17.4 Å². The van der Waals surface area contributed by atoms with Crippen molar-refractivity contribution in [3.63, 3.8) is 0 Å². The topological polar surface area (TPSA) is 26.0 Å². The van der Waals surface area contributed by atoms with Crippen LogP contribution in [0.2, 0.25) is 0 Å². The van der Waals surface area contributed by atoms with Crippen molar-refractivity contribution >= 4 is 0 Å². The Labute approximate surface area is 79.3 Å². The summed E-state index contributed by atoms with van der Waals surface area (Å²) in [6, 6.07) is 0. The van der Waals surface area contributed by atoms with Crippen LogP contribution in [0.1, 0.15) is 62.5 Å². The molecule has 1 heterocycles. The maximum absolute atomic E-state index is 5.40. The molecule has 13 heavy (non-hydrogen) atoms. The largest absolute Gasteiger partial charge is 0.361 e. The molecule has 0 saturated heterocycles. The Hall–Kier alpha value is -0.790. The third-order valence-corrected chi connectivity index (χ3v) is 2.90. The van der Waals surface area contributed by atoms with E-state index in [1.807, 2.05) is 0 Å². The summed E-state index contributed by atoms with van der Waals surface area (Å²) in [5, 5.41) is 4.18. The first-order chi connectivity index (χ1) is 6.20. The molecular weight excluding hydrogens is 162 g/mol. The Bertz CT molecular complexity index is 288. The minimum atomic E-state index is 0.474. The van der Waals surface area contributed by atoms with Crippen LogP contribution in [-0.4, -0.2) is 5.16 Å². The summed E-state index contributed by atoms with van der Waals surface area (Å²) in [5.41, 5.74) is 2.61. The summed E-state index contributed by atoms with van der Waals surface area (Å²) in [7, 11) is 0. The summed E-state index contributed by atoms with van der Waals surface area (Å²) in [6.45, 7) is 6.57. The van der Waals surface area contributed by atoms with Crippen LogP contribution < -0.4 is 0 Å². The van der Waals surface area contributed by atoms with Crippen molar-refractivity contribution in [2.75, 3.05) is 0 Å². The molecule has 0 bridgehead atoms. The van der Waals surface area contributed by atoms with Crippen LogP contribution in [0, 0.1) is 0 Å². The van der Waals surface area contributed by atoms with Gasteiger partial charge in [0.25, 0.3) is 0 Å². The van der Waals surface area contributed by atoms with E-state index in [4.69, 9.17) is 4.52 Å². The van der Waals surface area contributed by atoms with Gasteiger partial charge in [0.05, 0.1) is 5.69 Å². The Kier molecular flexibility index (Phi) is 2.14. The zero-order valence-corrected chi connectivity index (χ0v) is 8.63. The van der Waals surface area contributed by atoms with E-state index in [2.05, 4.69) is 25.9 Å². The second-order valence-corrected chi connectivity index (χ2v) is 4.36. The monoisotopic (exact) mass is 179 g/mol. The maximum Gasteiger partial charge on any atom is 0.142 e. The summed E-state index contributed by atoms with van der Waals surface area (Å²) < 4.78 is 5.40. The van der Waals surface area contributed by atoms with Crippen molar-refractivity contribution in [1.82, 2.24) is 5.16 Å². The minimum Gasteiger partial charge on any atom is -0.361 e. The van der Waals surface area contributed by atoms with Crippen molar-refractivity contribution in [3.8, 4) is 0 Å². The molecule has 2 rings (SSSR count). The lowest BCUT2D eigenvalue weighted by Gasteiger charge is -2.16. The van der Waals surface area contributed by atoms with Crippen molar-refractivity contribution in [2.45, 2.75) is 51.9 Å². The van der Waals surface area contributed by atoms with Crippen LogP contribution in [-0.2, 0) is 6.42 Å². The van der Waals surface area contributed by atoms with Gasteiger partial charge < -0.3 is 4.52 Å². The van der Waals surface area contributed by atoms with E-state index >= 15 is 0 Å². The van der Waals surface area contributed by atoms with Crippen LogP contribution in [0.5, 0.6) is 0 Å². The lowest BCUT2D eigenvalue weighted by atomic mass is 9.86. The van der Waals surface area contributed by atoms with E-state index in [1.165, 1.54) is 24.1 Å². The van der Waals surface area contributed by atoms with Gasteiger partial charge in [0.15, 0.2) is 0 Å². The highest BCUT2D eigenvalue weighted by atomic mass is 16.5. The molecule has 0 saturated carbocycles. The normalized spacial score (nSPS) is 22.0. The zero-order valence-electron chi connectivity index (χ0n) is 8.63. The smallest absolute Gasteiger partial charge is 0.142 e. The molecule has 0 aliphatic heterocycles. The SMILES string of the molecule is CC(C)c1onc2c1CCCC2C. The van der Waals surface area contributed by atoms with Gasteiger partial charge in [0.1, 0.15) is 5.76 Å². The van der Waals surface area contributed by atoms with Crippen molar-refractivity contribution in [1.29, 1.82) is 0 Å². The number of hydrogen-bond donors (Lipinski definition) is 0. The van der Waals surface area contributed by atoms with Crippen LogP contribution in [0.15, 0.2) is 4.52 Å². The molecule has 0 amide bonds. The van der Waals surface area contributed by atoms with Gasteiger partial charge in [-0.05, 0) is 19.3 Å². The Morgan fingerprint density at radius 2 is 2.23 bits per heavy atom. The average molecular weight is 179 g/mol. The quantitative estimate of drug-likeness (QED) is 0.661. The van der Waals surface area contributed by atoms with Gasteiger partial charge >= 0.3 is 0 Å². The number of nitrogens with zero attached hydrogens (tertiary/aromatic N) is 1. The second-order valence-electron chi connectivity index (χ2n) is 4.36. The van der Waals surface area contributed by atoms with Gasteiger partial charge in [-0.3, -0.25) is 0 Å². The molecule has 0 N–H and O–H groups in total. The predicted octanol–water partition coefficient (Wildman–Crippen LogP) is 3.24. The number of hydrogen-bond acceptors (Lipinski definition) is 2. The molecule has 2 nitrogen and oxygen atoms in total. The Morgan fingerprint density at radius 1 is 1.46 bits per heavy atom. The fourth-order valence-electron chi connectivity index (χ4n) is 2.15. The standard InChI is InChI=1S/C11H17NO/c1-7(2)11-9-6-4-5-8(3)10(9)12-13-11/h7-8H,4-6H2,1-3H3. The van der Waals surface area contributed by atoms with Crippen LogP contribution in [0.4, 0.5) is 0 Å². The van der Waals surface area contributed by atoms with Gasteiger partial charge in [-0.1, -0.05) is 25.9 Å². The van der Waals surface area contributed by atoms with Crippen molar-refractivity contribution in [2.24, 2.45) is 0 Å². The summed E-state index contributed by atoms with van der Waals surface area (Å²) in [4.78, 5) is 0. The van der Waals surface area contributed by atoms with Crippen molar-refractivity contribution in [3.05, 3.63) is 17.0 Å². The molecule has 0 spiro atoms. The molecule has 1 aliphatic rings. The fourth-order valence-corrected chi connectivity index (χ4v) is 2.15. The number of rotatable bonds is 1. The zero-order chi connectivity index (χ0) is 9.42. The van der Waals surface area contributed by atoms with Crippen molar-refractivity contribution < 1.29 is 4.52 Å². The van der Waals surface area contributed by atoms with Gasteiger partial charge in [-0.2, -0.15) is 0 Å². The lowest BCUT2D eigenvalue weighted by Crippen LogP contribution is -2.07. The fraction of sp³-hybridized carbons (Fsp3) is 0.727. The Balaban J connectivity index is 2.41. The van der Waals surface area contributed by atoms with E-state index in [9.17, 15) is 0 Å². The molecule has 1 aliphatic carbocycles. The molecule has 0 aromatic carbocycles. The van der Waals surface area contributed by atoms with Gasteiger partial charge in [0.2, 0.25) is 0 Å². The first-order valence-electron chi connectivity index (χ1n) is 5.18. The summed E-state index contributed by atoms with van der Waals surface area (Å²) in [6.07, 6.45) is 3.71. The Morgan fingerprint density at radius 3 is 2.92 bits per heavy atom. The van der Waals surface area contributed by atoms with Crippen LogP contribution in [0.3, 0.4) is 0 Å². The van der Waals surface area contributed by atoms with E-state index < -0.39 is 0 Å². The molecule has 2 heteroatoms. The highest BCUT2D eigenvalue weighted by molar-refractivity contribution is 5.29. The van der Waals surface area contributed by atoms with Gasteiger partial charge in [-0.15, -0.1) is 0 Å². The first kappa shape index (κ1) is 8.79. The molecule has 0 radical (unpaired) electrons. The molecular formula is C11H17NO. The third-order valence-electron chi connectivity index (χ3n) is 2.90. The molecule has 1 atom stereocenters. The first-order valence-corrected chi connectivity index (χ1v) is 5.18. The molecule has 72 valence electrons. The molecule has 1 unspecified atom stereocenters. The summed E-state index contributed by atoms with van der Waals surface area (Å²) in [5.74, 6) is 2.18. The van der Waals surface area contributed by atoms with E-state index in [0.717, 1.165) is 12.2 Å².